The van der Waals surface area contributed by atoms with Gasteiger partial charge in [0.25, 0.3) is 0 Å². The molecular formula is C20H20ClN5O4S2. The Morgan fingerprint density at radius 1 is 1.19 bits per heavy atom. The summed E-state index contributed by atoms with van der Waals surface area (Å²) < 4.78 is -0.382. The van der Waals surface area contributed by atoms with Crippen molar-refractivity contribution < 1.29 is 19.1 Å². The SMILES string of the molecule is C[N+]1([O-])CCN(C(=O)ON2C3=C(SCCS3)C(=O)C2c2ccc3ccc(Cl)nc3n2)CC1. The number of rotatable bonds is 2. The summed E-state index contributed by atoms with van der Waals surface area (Å²) in [7, 11) is 1.59. The number of quaternary nitrogens is 1. The molecule has 1 unspecified atom stereocenters. The van der Waals surface area contributed by atoms with Gasteiger partial charge < -0.3 is 14.7 Å². The maximum absolute atomic E-state index is 13.3. The van der Waals surface area contributed by atoms with Crippen LogP contribution in [0.15, 0.2) is 34.2 Å². The molecule has 32 heavy (non-hydrogen) atoms. The summed E-state index contributed by atoms with van der Waals surface area (Å²) in [6, 6.07) is 6.17. The second-order valence-electron chi connectivity index (χ2n) is 7.93. The van der Waals surface area contributed by atoms with E-state index in [-0.39, 0.29) is 10.4 Å². The molecule has 3 aliphatic heterocycles. The summed E-state index contributed by atoms with van der Waals surface area (Å²) in [5.74, 6) is 1.45. The normalized spacial score (nSPS) is 23.0. The smallest absolute Gasteiger partial charge is 0.434 e. The van der Waals surface area contributed by atoms with Gasteiger partial charge in [0.15, 0.2) is 11.7 Å². The maximum atomic E-state index is 13.3. The van der Waals surface area contributed by atoms with E-state index in [9.17, 15) is 14.8 Å². The van der Waals surface area contributed by atoms with Gasteiger partial charge >= 0.3 is 6.09 Å². The Morgan fingerprint density at radius 2 is 1.91 bits per heavy atom. The molecule has 9 nitrogen and oxygen atoms in total. The first kappa shape index (κ1) is 21.8. The highest BCUT2D eigenvalue weighted by Gasteiger charge is 2.46. The highest BCUT2D eigenvalue weighted by atomic mass is 35.5. The zero-order valence-corrected chi connectivity index (χ0v) is 19.6. The second-order valence-corrected chi connectivity index (χ2v) is 10.5. The molecule has 1 amide bonds. The van der Waals surface area contributed by atoms with Crippen molar-refractivity contribution in [3.63, 3.8) is 0 Å². The number of hydroxylamine groups is 5. The van der Waals surface area contributed by atoms with Crippen molar-refractivity contribution in [2.75, 3.05) is 44.7 Å². The lowest BCUT2D eigenvalue weighted by Gasteiger charge is -2.44. The molecule has 2 aromatic rings. The van der Waals surface area contributed by atoms with Crippen molar-refractivity contribution in [1.29, 1.82) is 0 Å². The molecule has 0 saturated carbocycles. The van der Waals surface area contributed by atoms with E-state index < -0.39 is 12.1 Å². The Labute approximate surface area is 197 Å². The molecule has 0 aliphatic carbocycles. The van der Waals surface area contributed by atoms with Gasteiger partial charge in [-0.1, -0.05) is 11.6 Å². The Balaban J connectivity index is 1.46. The number of aromatic nitrogens is 2. The van der Waals surface area contributed by atoms with Gasteiger partial charge in [-0.3, -0.25) is 9.69 Å². The van der Waals surface area contributed by atoms with Crippen LogP contribution in [-0.4, -0.2) is 81.2 Å². The first-order valence-corrected chi connectivity index (χ1v) is 12.5. The number of likely N-dealkylation sites (N-methyl/N-ethyl adjacent to an activating group) is 1. The van der Waals surface area contributed by atoms with E-state index in [0.29, 0.717) is 52.6 Å². The summed E-state index contributed by atoms with van der Waals surface area (Å²) in [5, 5.41) is 15.2. The number of nitrogens with zero attached hydrogens (tertiary/aromatic N) is 5. The fourth-order valence-corrected chi connectivity index (χ4v) is 6.33. The van der Waals surface area contributed by atoms with Gasteiger partial charge in [0.2, 0.25) is 5.78 Å². The molecule has 12 heteroatoms. The molecule has 1 saturated heterocycles. The molecule has 1 atom stereocenters. The van der Waals surface area contributed by atoms with Crippen molar-refractivity contribution in [1.82, 2.24) is 19.9 Å². The number of carbonyl (C=O) groups is 2. The summed E-state index contributed by atoms with van der Waals surface area (Å²) in [6.07, 6.45) is -0.575. The summed E-state index contributed by atoms with van der Waals surface area (Å²) in [5.41, 5.74) is 0.853. The quantitative estimate of drug-likeness (QED) is 0.355. The number of pyridine rings is 2. The van der Waals surface area contributed by atoms with Crippen molar-refractivity contribution in [3.8, 4) is 0 Å². The minimum Gasteiger partial charge on any atom is -0.633 e. The second kappa shape index (κ2) is 8.38. The van der Waals surface area contributed by atoms with Gasteiger partial charge in [0.05, 0.1) is 43.8 Å². The first-order chi connectivity index (χ1) is 15.3. The predicted molar refractivity (Wildman–Crippen MR) is 123 cm³/mol. The maximum Gasteiger partial charge on any atom is 0.434 e. The molecule has 168 valence electrons. The zero-order chi connectivity index (χ0) is 22.5. The van der Waals surface area contributed by atoms with Crippen LogP contribution in [0.5, 0.6) is 0 Å². The van der Waals surface area contributed by atoms with Gasteiger partial charge in [0.1, 0.15) is 10.2 Å². The predicted octanol–water partition coefficient (Wildman–Crippen LogP) is 3.17. The average molecular weight is 494 g/mol. The number of piperazine rings is 1. The molecule has 5 rings (SSSR count). The van der Waals surface area contributed by atoms with E-state index in [1.807, 2.05) is 12.1 Å². The van der Waals surface area contributed by atoms with Gasteiger partial charge in [-0.2, -0.15) is 5.06 Å². The highest BCUT2D eigenvalue weighted by molar-refractivity contribution is 8.10. The molecule has 0 spiro atoms. The Morgan fingerprint density at radius 3 is 2.69 bits per heavy atom. The van der Waals surface area contributed by atoms with Crippen LogP contribution in [0.1, 0.15) is 11.7 Å². The monoisotopic (exact) mass is 493 g/mol. The molecule has 0 radical (unpaired) electrons. The number of hydrogen-bond donors (Lipinski definition) is 0. The van der Waals surface area contributed by atoms with Crippen LogP contribution in [0.25, 0.3) is 11.0 Å². The molecule has 5 heterocycles. The van der Waals surface area contributed by atoms with Crippen LogP contribution in [0.2, 0.25) is 5.15 Å². The van der Waals surface area contributed by atoms with Crippen LogP contribution < -0.4 is 0 Å². The van der Waals surface area contributed by atoms with Crippen LogP contribution in [0, 0.1) is 5.21 Å². The lowest BCUT2D eigenvalue weighted by Crippen LogP contribution is -2.55. The highest BCUT2D eigenvalue weighted by Crippen LogP contribution is 2.48. The Hall–Kier alpha value is -2.05. The van der Waals surface area contributed by atoms with Crippen LogP contribution in [-0.2, 0) is 9.63 Å². The number of thioether (sulfide) groups is 2. The van der Waals surface area contributed by atoms with Gasteiger partial charge in [-0.15, -0.1) is 23.5 Å². The summed E-state index contributed by atoms with van der Waals surface area (Å²) >= 11 is 8.98. The summed E-state index contributed by atoms with van der Waals surface area (Å²) in [4.78, 5) is 42.9. The van der Waals surface area contributed by atoms with Crippen molar-refractivity contribution in [3.05, 3.63) is 50.3 Å². The lowest BCUT2D eigenvalue weighted by molar-refractivity contribution is -0.864. The number of halogens is 1. The van der Waals surface area contributed by atoms with E-state index in [2.05, 4.69) is 9.97 Å². The number of amides is 1. The Kier molecular flexibility index (Phi) is 5.70. The van der Waals surface area contributed by atoms with E-state index in [4.69, 9.17) is 16.4 Å². The van der Waals surface area contributed by atoms with E-state index >= 15 is 0 Å². The summed E-state index contributed by atoms with van der Waals surface area (Å²) in [6.45, 7) is 1.20. The fraction of sp³-hybridized carbons (Fsp3) is 0.400. The van der Waals surface area contributed by atoms with Gasteiger partial charge in [0, 0.05) is 16.9 Å². The number of ketones is 1. The number of fused-ring (bicyclic) bond motifs is 1. The minimum absolute atomic E-state index is 0.152. The largest absolute Gasteiger partial charge is 0.633 e. The molecule has 2 aromatic heterocycles. The third kappa shape index (κ3) is 4.03. The number of carbonyl (C=O) groups excluding carboxylic acids is 2. The average Bonchev–Trinajstić information content (AvgIpc) is 3.05. The lowest BCUT2D eigenvalue weighted by atomic mass is 10.1. The van der Waals surface area contributed by atoms with E-state index in [1.165, 1.54) is 33.5 Å². The van der Waals surface area contributed by atoms with Crippen molar-refractivity contribution in [2.24, 2.45) is 0 Å². The van der Waals surface area contributed by atoms with Crippen molar-refractivity contribution >= 4 is 58.0 Å². The number of hydrogen-bond acceptors (Lipinski definition) is 9. The molecule has 3 aliphatic rings. The van der Waals surface area contributed by atoms with Gasteiger partial charge in [-0.05, 0) is 24.3 Å². The standard InChI is InChI=1S/C20H20ClN5O4S2/c1-26(29)8-6-24(7-9-26)20(28)30-25-15(16(27)17-19(25)32-11-10-31-17)13-4-2-12-3-5-14(21)23-18(12)22-13/h2-5,15H,6-11H2,1H3. The van der Waals surface area contributed by atoms with Gasteiger partial charge in [-0.25, -0.2) is 14.8 Å². The minimum atomic E-state index is -0.891. The number of Topliss-reactive ketones (excluding diaryl/α,β-unsaturated/α-hetero) is 1. The van der Waals surface area contributed by atoms with Crippen LogP contribution in [0.4, 0.5) is 4.79 Å². The first-order valence-electron chi connectivity index (χ1n) is 10.1. The third-order valence-electron chi connectivity index (χ3n) is 5.61. The topological polar surface area (TPSA) is 98.7 Å². The van der Waals surface area contributed by atoms with Crippen LogP contribution in [0.3, 0.4) is 0 Å². The fourth-order valence-electron chi connectivity index (χ4n) is 3.80. The molecular weight excluding hydrogens is 474 g/mol. The molecule has 0 aromatic carbocycles. The van der Waals surface area contributed by atoms with E-state index in [0.717, 1.165) is 16.9 Å². The Bertz CT molecular complexity index is 1130. The molecule has 0 N–H and O–H groups in total. The molecule has 0 bridgehead atoms. The third-order valence-corrected chi connectivity index (χ3v) is 8.37. The zero-order valence-electron chi connectivity index (χ0n) is 17.2. The van der Waals surface area contributed by atoms with Crippen molar-refractivity contribution in [2.45, 2.75) is 6.04 Å². The van der Waals surface area contributed by atoms with E-state index in [1.54, 1.807) is 19.2 Å². The molecule has 1 fully saturated rings. The van der Waals surface area contributed by atoms with Crippen LogP contribution >= 0.6 is 35.1 Å².